The Hall–Kier alpha value is -1.62. The molecule has 0 radical (unpaired) electrons. The Balaban J connectivity index is 1.74. The highest BCUT2D eigenvalue weighted by molar-refractivity contribution is 6.30. The second kappa shape index (κ2) is 6.36. The highest BCUT2D eigenvalue weighted by Gasteiger charge is 2.29. The standard InChI is InChI=1S/C19H21ClN2O2/c1-22-8-5-12(6-9-22)14-4-7-21-18-16(14)11-24-17-10-13(20)2-3-15(17)19(18)23/h2-4,7,10,12,19,23H,5-6,8-9,11H2,1H3. The lowest BCUT2D eigenvalue weighted by atomic mass is 9.85. The maximum Gasteiger partial charge on any atom is 0.127 e. The van der Waals surface area contributed by atoms with Crippen LogP contribution >= 0.6 is 11.6 Å². The van der Waals surface area contributed by atoms with Gasteiger partial charge in [-0.15, -0.1) is 0 Å². The Kier molecular flexibility index (Phi) is 4.21. The van der Waals surface area contributed by atoms with Gasteiger partial charge in [-0.05, 0) is 62.7 Å². The summed E-state index contributed by atoms with van der Waals surface area (Å²) in [5.74, 6) is 1.14. The van der Waals surface area contributed by atoms with Crippen LogP contribution in [0.2, 0.25) is 5.02 Å². The number of halogens is 1. The molecule has 1 saturated heterocycles. The van der Waals surface area contributed by atoms with Crippen molar-refractivity contribution in [3.05, 3.63) is 57.9 Å². The minimum absolute atomic E-state index is 0.426. The lowest BCUT2D eigenvalue weighted by Gasteiger charge is -2.30. The minimum atomic E-state index is -0.777. The lowest BCUT2D eigenvalue weighted by molar-refractivity contribution is 0.213. The van der Waals surface area contributed by atoms with Crippen LogP contribution in [0.5, 0.6) is 5.75 Å². The fraction of sp³-hybridized carbons (Fsp3) is 0.421. The zero-order chi connectivity index (χ0) is 16.7. The van der Waals surface area contributed by atoms with E-state index in [1.54, 1.807) is 12.1 Å². The van der Waals surface area contributed by atoms with E-state index in [2.05, 4.69) is 23.0 Å². The van der Waals surface area contributed by atoms with Crippen LogP contribution in [0.1, 0.15) is 47.2 Å². The number of fused-ring (bicyclic) bond motifs is 2. The van der Waals surface area contributed by atoms with Gasteiger partial charge in [0.05, 0.1) is 5.69 Å². The summed E-state index contributed by atoms with van der Waals surface area (Å²) in [7, 11) is 2.16. The van der Waals surface area contributed by atoms with Gasteiger partial charge in [-0.1, -0.05) is 17.7 Å². The summed E-state index contributed by atoms with van der Waals surface area (Å²) < 4.78 is 5.98. The van der Waals surface area contributed by atoms with Crippen LogP contribution in [-0.4, -0.2) is 35.1 Å². The van der Waals surface area contributed by atoms with Crippen molar-refractivity contribution in [1.82, 2.24) is 9.88 Å². The van der Waals surface area contributed by atoms with Crippen LogP contribution in [0.15, 0.2) is 30.5 Å². The molecule has 0 bridgehead atoms. The molecule has 1 aromatic heterocycles. The first-order valence-corrected chi connectivity index (χ1v) is 8.78. The summed E-state index contributed by atoms with van der Waals surface area (Å²) in [4.78, 5) is 6.84. The maximum atomic E-state index is 10.9. The summed E-state index contributed by atoms with van der Waals surface area (Å²) in [6.07, 6.45) is 3.29. The van der Waals surface area contributed by atoms with Gasteiger partial charge in [-0.25, -0.2) is 0 Å². The molecule has 1 unspecified atom stereocenters. The molecule has 4 rings (SSSR count). The number of aromatic nitrogens is 1. The van der Waals surface area contributed by atoms with E-state index in [1.165, 1.54) is 5.56 Å². The smallest absolute Gasteiger partial charge is 0.127 e. The molecule has 0 saturated carbocycles. The molecule has 0 spiro atoms. The number of likely N-dealkylation sites (tertiary alicyclic amines) is 1. The number of aliphatic hydroxyl groups excluding tert-OH is 1. The first-order valence-electron chi connectivity index (χ1n) is 8.40. The molecule has 4 nitrogen and oxygen atoms in total. The first kappa shape index (κ1) is 15.9. The van der Waals surface area contributed by atoms with Gasteiger partial charge in [0.1, 0.15) is 18.5 Å². The Labute approximate surface area is 147 Å². The van der Waals surface area contributed by atoms with Crippen LogP contribution in [0.3, 0.4) is 0 Å². The summed E-state index contributed by atoms with van der Waals surface area (Å²) in [6.45, 7) is 2.62. The van der Waals surface area contributed by atoms with E-state index in [0.29, 0.717) is 29.0 Å². The van der Waals surface area contributed by atoms with E-state index in [1.807, 2.05) is 12.3 Å². The molecule has 0 amide bonds. The maximum absolute atomic E-state index is 10.9. The molecule has 1 aromatic carbocycles. The molecule has 1 fully saturated rings. The fourth-order valence-corrected chi connectivity index (χ4v) is 3.94. The SMILES string of the molecule is CN1CCC(c2ccnc3c2COc2cc(Cl)ccc2C3O)CC1. The number of piperidine rings is 1. The summed E-state index contributed by atoms with van der Waals surface area (Å²) >= 11 is 6.07. The molecular formula is C19H21ClN2O2. The largest absolute Gasteiger partial charge is 0.488 e. The molecular weight excluding hydrogens is 324 g/mol. The fourth-order valence-electron chi connectivity index (χ4n) is 3.78. The van der Waals surface area contributed by atoms with Crippen molar-refractivity contribution in [2.75, 3.05) is 20.1 Å². The number of aliphatic hydroxyl groups is 1. The van der Waals surface area contributed by atoms with Crippen LogP contribution in [-0.2, 0) is 6.61 Å². The Morgan fingerprint density at radius 2 is 2.00 bits per heavy atom. The van der Waals surface area contributed by atoms with Crippen LogP contribution in [0.4, 0.5) is 0 Å². The van der Waals surface area contributed by atoms with Gasteiger partial charge < -0.3 is 14.7 Å². The van der Waals surface area contributed by atoms with Crippen molar-refractivity contribution in [3.8, 4) is 5.75 Å². The molecule has 2 aromatic rings. The van der Waals surface area contributed by atoms with Gasteiger partial charge in [-0.3, -0.25) is 4.98 Å². The Morgan fingerprint density at radius 1 is 1.21 bits per heavy atom. The number of benzene rings is 1. The molecule has 0 aliphatic carbocycles. The van der Waals surface area contributed by atoms with E-state index < -0.39 is 6.10 Å². The number of hydrogen-bond acceptors (Lipinski definition) is 4. The van der Waals surface area contributed by atoms with E-state index in [-0.39, 0.29) is 0 Å². The van der Waals surface area contributed by atoms with Crippen molar-refractivity contribution in [1.29, 1.82) is 0 Å². The quantitative estimate of drug-likeness (QED) is 0.859. The van der Waals surface area contributed by atoms with Gasteiger partial charge in [0.25, 0.3) is 0 Å². The normalized spacial score (nSPS) is 21.5. The van der Waals surface area contributed by atoms with Crippen molar-refractivity contribution >= 4 is 11.6 Å². The molecule has 2 aliphatic heterocycles. The molecule has 3 heterocycles. The van der Waals surface area contributed by atoms with Crippen molar-refractivity contribution in [2.45, 2.75) is 31.5 Å². The molecule has 24 heavy (non-hydrogen) atoms. The Morgan fingerprint density at radius 3 is 2.79 bits per heavy atom. The number of nitrogens with zero attached hydrogens (tertiary/aromatic N) is 2. The third-order valence-corrected chi connectivity index (χ3v) is 5.42. The minimum Gasteiger partial charge on any atom is -0.488 e. The van der Waals surface area contributed by atoms with Crippen LogP contribution in [0, 0.1) is 0 Å². The van der Waals surface area contributed by atoms with Gasteiger partial charge in [0.2, 0.25) is 0 Å². The van der Waals surface area contributed by atoms with Crippen molar-refractivity contribution < 1.29 is 9.84 Å². The first-order chi connectivity index (χ1) is 11.6. The summed E-state index contributed by atoms with van der Waals surface area (Å²) in [5.41, 5.74) is 3.75. The third kappa shape index (κ3) is 2.79. The molecule has 1 atom stereocenters. The van der Waals surface area contributed by atoms with E-state index in [9.17, 15) is 5.11 Å². The molecule has 126 valence electrons. The highest BCUT2D eigenvalue weighted by Crippen LogP contribution is 2.40. The number of hydrogen-bond donors (Lipinski definition) is 1. The Bertz CT molecular complexity index is 757. The predicted molar refractivity (Wildman–Crippen MR) is 93.6 cm³/mol. The molecule has 5 heteroatoms. The van der Waals surface area contributed by atoms with Crippen molar-refractivity contribution in [2.24, 2.45) is 0 Å². The van der Waals surface area contributed by atoms with Gasteiger partial charge in [0.15, 0.2) is 0 Å². The van der Waals surface area contributed by atoms with Crippen molar-refractivity contribution in [3.63, 3.8) is 0 Å². The highest BCUT2D eigenvalue weighted by atomic mass is 35.5. The zero-order valence-corrected chi connectivity index (χ0v) is 14.5. The van der Waals surface area contributed by atoms with E-state index in [0.717, 1.165) is 37.1 Å². The second-order valence-corrected chi connectivity index (χ2v) is 7.15. The van der Waals surface area contributed by atoms with Crippen LogP contribution in [0.25, 0.3) is 0 Å². The number of ether oxygens (including phenoxy) is 1. The third-order valence-electron chi connectivity index (χ3n) is 5.18. The average Bonchev–Trinajstić information content (AvgIpc) is 2.73. The molecule has 1 N–H and O–H groups in total. The summed E-state index contributed by atoms with van der Waals surface area (Å²) in [6, 6.07) is 7.45. The topological polar surface area (TPSA) is 45.6 Å². The van der Waals surface area contributed by atoms with E-state index in [4.69, 9.17) is 16.3 Å². The zero-order valence-electron chi connectivity index (χ0n) is 13.7. The lowest BCUT2D eigenvalue weighted by Crippen LogP contribution is -2.29. The van der Waals surface area contributed by atoms with Crippen LogP contribution < -0.4 is 4.74 Å². The van der Waals surface area contributed by atoms with Gasteiger partial charge in [-0.2, -0.15) is 0 Å². The second-order valence-electron chi connectivity index (χ2n) is 6.71. The van der Waals surface area contributed by atoms with Gasteiger partial charge >= 0.3 is 0 Å². The predicted octanol–water partition coefficient (Wildman–Crippen LogP) is 3.52. The summed E-state index contributed by atoms with van der Waals surface area (Å²) in [5, 5.41) is 11.5. The molecule has 2 aliphatic rings. The van der Waals surface area contributed by atoms with E-state index >= 15 is 0 Å². The van der Waals surface area contributed by atoms with Gasteiger partial charge in [0, 0.05) is 22.3 Å². The number of rotatable bonds is 1. The average molecular weight is 345 g/mol. The monoisotopic (exact) mass is 344 g/mol. The number of pyridine rings is 1.